The largest absolute Gasteiger partial charge is 0.357 e. The van der Waals surface area contributed by atoms with Gasteiger partial charge in [-0.05, 0) is 31.4 Å². The molecule has 2 aliphatic rings. The Hall–Kier alpha value is -1.72. The number of alkyl halides is 2. The molecule has 6 heteroatoms. The number of aromatic nitrogens is 2. The van der Waals surface area contributed by atoms with Crippen molar-refractivity contribution in [3.63, 3.8) is 0 Å². The molecule has 0 unspecified atom stereocenters. The van der Waals surface area contributed by atoms with E-state index in [0.717, 1.165) is 19.3 Å². The third-order valence-corrected chi connectivity index (χ3v) is 4.31. The van der Waals surface area contributed by atoms with Gasteiger partial charge in [0.25, 0.3) is 5.92 Å². The highest BCUT2D eigenvalue weighted by Crippen LogP contribution is 2.38. The van der Waals surface area contributed by atoms with Gasteiger partial charge in [-0.25, -0.2) is 18.2 Å². The minimum atomic E-state index is -2.70. The minimum absolute atomic E-state index is 0.254. The summed E-state index contributed by atoms with van der Waals surface area (Å²) in [7, 11) is 0. The van der Waals surface area contributed by atoms with E-state index in [2.05, 4.69) is 4.98 Å². The highest BCUT2D eigenvalue weighted by atomic mass is 19.3. The number of hydrogen-bond donors (Lipinski definition) is 0. The Morgan fingerprint density at radius 3 is 2.55 bits per heavy atom. The molecule has 1 saturated carbocycles. The first-order valence-corrected chi connectivity index (χ1v) is 6.83. The number of hydrogen-bond acceptors (Lipinski definition) is 2. The second kappa shape index (κ2) is 3.90. The average molecular weight is 281 g/mol. The normalized spacial score (nSPS) is 21.9. The molecule has 2 aromatic rings. The predicted octanol–water partition coefficient (Wildman–Crippen LogP) is 3.36. The van der Waals surface area contributed by atoms with Crippen LogP contribution in [0.25, 0.3) is 11.0 Å². The van der Waals surface area contributed by atoms with Crippen molar-refractivity contribution in [2.75, 3.05) is 18.0 Å². The molecule has 1 aromatic heterocycles. The van der Waals surface area contributed by atoms with Crippen LogP contribution in [0.3, 0.4) is 0 Å². The molecule has 1 saturated heterocycles. The van der Waals surface area contributed by atoms with E-state index >= 15 is 0 Å². The zero-order valence-electron chi connectivity index (χ0n) is 10.8. The molecule has 0 radical (unpaired) electrons. The summed E-state index contributed by atoms with van der Waals surface area (Å²) < 4.78 is 42.4. The lowest BCUT2D eigenvalue weighted by Gasteiger charge is -2.40. The van der Waals surface area contributed by atoms with Gasteiger partial charge in [0.15, 0.2) is 5.82 Å². The molecular formula is C14H14F3N3. The van der Waals surface area contributed by atoms with Gasteiger partial charge in [-0.1, -0.05) is 0 Å². The van der Waals surface area contributed by atoms with Crippen LogP contribution in [0.4, 0.5) is 18.9 Å². The summed E-state index contributed by atoms with van der Waals surface area (Å²) in [5, 5.41) is 0. The van der Waals surface area contributed by atoms with E-state index < -0.39 is 24.8 Å². The first-order valence-electron chi connectivity index (χ1n) is 6.83. The molecule has 0 bridgehead atoms. The number of rotatable bonds is 2. The second-order valence-electron chi connectivity index (χ2n) is 5.71. The molecule has 1 aliphatic heterocycles. The van der Waals surface area contributed by atoms with Crippen molar-refractivity contribution in [3.05, 3.63) is 24.3 Å². The van der Waals surface area contributed by atoms with Crippen molar-refractivity contribution in [1.82, 2.24) is 9.55 Å². The minimum Gasteiger partial charge on any atom is -0.357 e. The summed E-state index contributed by atoms with van der Waals surface area (Å²) in [6, 6.07) is 3.55. The van der Waals surface area contributed by atoms with Crippen LogP contribution in [0.5, 0.6) is 0 Å². The van der Waals surface area contributed by atoms with E-state index in [9.17, 15) is 13.2 Å². The number of halogens is 3. The van der Waals surface area contributed by atoms with E-state index in [0.29, 0.717) is 17.1 Å². The van der Waals surface area contributed by atoms with Gasteiger partial charge < -0.3 is 9.47 Å². The Morgan fingerprint density at radius 1 is 1.20 bits per heavy atom. The monoisotopic (exact) mass is 281 g/mol. The lowest BCUT2D eigenvalue weighted by atomic mass is 9.93. The van der Waals surface area contributed by atoms with Crippen LogP contribution in [0, 0.1) is 5.82 Å². The van der Waals surface area contributed by atoms with Crippen LogP contribution in [0.1, 0.15) is 25.3 Å². The molecule has 1 aromatic carbocycles. The highest BCUT2D eigenvalue weighted by Gasteiger charge is 2.45. The maximum Gasteiger partial charge on any atom is 0.282 e. The molecule has 106 valence electrons. The van der Waals surface area contributed by atoms with Crippen molar-refractivity contribution >= 4 is 16.7 Å². The third kappa shape index (κ3) is 1.63. The molecule has 2 fully saturated rings. The molecule has 1 aliphatic carbocycles. The summed E-state index contributed by atoms with van der Waals surface area (Å²) in [4.78, 5) is 5.59. The zero-order valence-corrected chi connectivity index (χ0v) is 10.8. The maximum absolute atomic E-state index is 14.7. The quantitative estimate of drug-likeness (QED) is 0.841. The number of imidazole rings is 1. The topological polar surface area (TPSA) is 21.1 Å². The van der Waals surface area contributed by atoms with Crippen molar-refractivity contribution in [1.29, 1.82) is 0 Å². The molecule has 20 heavy (non-hydrogen) atoms. The van der Waals surface area contributed by atoms with Gasteiger partial charge in [0.2, 0.25) is 0 Å². The fourth-order valence-corrected chi connectivity index (χ4v) is 2.94. The average Bonchev–Trinajstić information content (AvgIpc) is 2.69. The van der Waals surface area contributed by atoms with Crippen LogP contribution in [0.2, 0.25) is 0 Å². The number of benzene rings is 1. The van der Waals surface area contributed by atoms with Gasteiger partial charge in [0.1, 0.15) is 5.52 Å². The van der Waals surface area contributed by atoms with E-state index in [1.165, 1.54) is 4.90 Å². The summed E-state index contributed by atoms with van der Waals surface area (Å²) >= 11 is 0. The Kier molecular flexibility index (Phi) is 2.35. The third-order valence-electron chi connectivity index (χ3n) is 4.31. The van der Waals surface area contributed by atoms with Crippen LogP contribution in [-0.4, -0.2) is 28.6 Å². The molecular weight excluding hydrogens is 267 g/mol. The molecule has 0 atom stereocenters. The van der Waals surface area contributed by atoms with Crippen LogP contribution in [0.15, 0.2) is 18.5 Å². The first kappa shape index (κ1) is 12.1. The fraction of sp³-hybridized carbons (Fsp3) is 0.500. The Labute approximate surface area is 114 Å². The second-order valence-corrected chi connectivity index (χ2v) is 5.71. The fourth-order valence-electron chi connectivity index (χ4n) is 2.94. The van der Waals surface area contributed by atoms with Gasteiger partial charge in [0.05, 0.1) is 30.6 Å². The lowest BCUT2D eigenvalue weighted by Crippen LogP contribution is -2.56. The first-order chi connectivity index (χ1) is 9.55. The molecule has 2 heterocycles. The zero-order chi connectivity index (χ0) is 13.9. The SMILES string of the molecule is Fc1c(N2CC(F)(F)C2)ccc2ncn(C3CCC3)c12. The molecule has 0 amide bonds. The van der Waals surface area contributed by atoms with Gasteiger partial charge >= 0.3 is 0 Å². The number of fused-ring (bicyclic) bond motifs is 1. The van der Waals surface area contributed by atoms with Crippen molar-refractivity contribution < 1.29 is 13.2 Å². The van der Waals surface area contributed by atoms with Crippen LogP contribution >= 0.6 is 0 Å². The molecule has 4 rings (SSSR count). The van der Waals surface area contributed by atoms with Crippen molar-refractivity contribution in [3.8, 4) is 0 Å². The molecule has 3 nitrogen and oxygen atoms in total. The van der Waals surface area contributed by atoms with Gasteiger partial charge in [-0.15, -0.1) is 0 Å². The summed E-state index contributed by atoms with van der Waals surface area (Å²) in [5.74, 6) is -3.13. The van der Waals surface area contributed by atoms with Gasteiger partial charge in [-0.2, -0.15) is 0 Å². The molecule has 0 N–H and O–H groups in total. The smallest absolute Gasteiger partial charge is 0.282 e. The van der Waals surface area contributed by atoms with E-state index in [-0.39, 0.29) is 5.69 Å². The summed E-state index contributed by atoms with van der Waals surface area (Å²) in [6.07, 6.45) is 4.85. The molecule has 0 spiro atoms. The van der Waals surface area contributed by atoms with Crippen molar-refractivity contribution in [2.24, 2.45) is 0 Å². The Bertz CT molecular complexity index is 668. The Morgan fingerprint density at radius 2 is 1.95 bits per heavy atom. The predicted molar refractivity (Wildman–Crippen MR) is 69.7 cm³/mol. The summed E-state index contributed by atoms with van der Waals surface area (Å²) in [5.41, 5.74) is 1.29. The lowest BCUT2D eigenvalue weighted by molar-refractivity contribution is -0.0265. The number of anilines is 1. The maximum atomic E-state index is 14.7. The highest BCUT2D eigenvalue weighted by molar-refractivity contribution is 5.81. The van der Waals surface area contributed by atoms with Crippen LogP contribution < -0.4 is 4.90 Å². The Balaban J connectivity index is 1.77. The van der Waals surface area contributed by atoms with Gasteiger partial charge in [-0.3, -0.25) is 0 Å². The van der Waals surface area contributed by atoms with Crippen LogP contribution in [-0.2, 0) is 0 Å². The van der Waals surface area contributed by atoms with Gasteiger partial charge in [0, 0.05) is 6.04 Å². The van der Waals surface area contributed by atoms with Crippen molar-refractivity contribution in [2.45, 2.75) is 31.2 Å². The van der Waals surface area contributed by atoms with E-state index in [4.69, 9.17) is 0 Å². The standard InChI is InChI=1S/C14H14F3N3/c15-12-11(19-6-14(16,17)7-19)5-4-10-13(12)20(8-18-10)9-2-1-3-9/h4-5,8-9H,1-3,6-7H2. The summed E-state index contributed by atoms with van der Waals surface area (Å²) in [6.45, 7) is -0.819. The number of nitrogens with zero attached hydrogens (tertiary/aromatic N) is 3. The van der Waals surface area contributed by atoms with E-state index in [1.54, 1.807) is 18.5 Å². The van der Waals surface area contributed by atoms with E-state index in [1.807, 2.05) is 4.57 Å².